The molecule has 7 heteroatoms. The van der Waals surface area contributed by atoms with Crippen molar-refractivity contribution < 1.29 is 23.8 Å². The molecule has 3 aromatic carbocycles. The maximum Gasteiger partial charge on any atom is 0.296 e. The molecule has 198 valence electrons. The van der Waals surface area contributed by atoms with Gasteiger partial charge in [0.25, 0.3) is 11.7 Å². The van der Waals surface area contributed by atoms with Crippen LogP contribution in [0.25, 0.3) is 5.76 Å². The molecule has 1 aliphatic heterocycles. The number of benzene rings is 3. The summed E-state index contributed by atoms with van der Waals surface area (Å²) >= 11 is 0. The highest BCUT2D eigenvalue weighted by molar-refractivity contribution is 6.46. The van der Waals surface area contributed by atoms with E-state index in [1.54, 1.807) is 36.4 Å². The number of nitrogens with zero attached hydrogens (tertiary/aromatic N) is 2. The number of aliphatic hydroxyl groups excluding tert-OH is 1. The molecule has 2 heterocycles. The molecule has 0 bridgehead atoms. The minimum Gasteiger partial charge on any atom is -0.507 e. The Morgan fingerprint density at radius 1 is 0.974 bits per heavy atom. The largest absolute Gasteiger partial charge is 0.507 e. The van der Waals surface area contributed by atoms with Crippen LogP contribution in [0.2, 0.25) is 0 Å². The van der Waals surface area contributed by atoms with Gasteiger partial charge in [0.1, 0.15) is 23.9 Å². The van der Waals surface area contributed by atoms with Crippen LogP contribution in [0, 0.1) is 6.92 Å². The number of anilines is 1. The third-order valence-electron chi connectivity index (χ3n) is 6.79. The van der Waals surface area contributed by atoms with Gasteiger partial charge in [-0.15, -0.1) is 0 Å². The first-order chi connectivity index (χ1) is 18.8. The lowest BCUT2D eigenvalue weighted by molar-refractivity contribution is -0.140. The molecule has 1 fully saturated rings. The van der Waals surface area contributed by atoms with Crippen molar-refractivity contribution in [2.45, 2.75) is 26.1 Å². The molecule has 1 unspecified atom stereocenters. The van der Waals surface area contributed by atoms with Gasteiger partial charge in [0.15, 0.2) is 0 Å². The lowest BCUT2D eigenvalue weighted by Crippen LogP contribution is -2.29. The van der Waals surface area contributed by atoms with Crippen LogP contribution in [0.1, 0.15) is 34.1 Å². The molecule has 1 atom stereocenters. The zero-order valence-electron chi connectivity index (χ0n) is 22.1. The van der Waals surface area contributed by atoms with Gasteiger partial charge in [-0.2, -0.15) is 0 Å². The van der Waals surface area contributed by atoms with Crippen molar-refractivity contribution >= 4 is 23.1 Å². The Kier molecular flexibility index (Phi) is 7.23. The molecule has 0 aliphatic carbocycles. The lowest BCUT2D eigenvalue weighted by atomic mass is 9.95. The van der Waals surface area contributed by atoms with Crippen LogP contribution in [-0.4, -0.2) is 35.8 Å². The summed E-state index contributed by atoms with van der Waals surface area (Å²) in [6.07, 6.45) is 1.52. The second kappa shape index (κ2) is 10.9. The number of ketones is 1. The summed E-state index contributed by atoms with van der Waals surface area (Å²) in [7, 11) is 3.87. The van der Waals surface area contributed by atoms with E-state index in [2.05, 4.69) is 6.07 Å². The fraction of sp³-hybridized carbons (Fsp3) is 0.188. The van der Waals surface area contributed by atoms with E-state index in [4.69, 9.17) is 9.15 Å². The van der Waals surface area contributed by atoms with Crippen LogP contribution in [0.4, 0.5) is 5.69 Å². The first kappa shape index (κ1) is 25.9. The Balaban J connectivity index is 1.47. The SMILES string of the molecule is Cc1cccc(COc2ccc(/C(O)=C3\C(=O)C(=O)N(Cc4ccco4)C3c3ccc(N(C)C)cc3)cc2)c1. The van der Waals surface area contributed by atoms with Crippen molar-refractivity contribution in [3.8, 4) is 5.75 Å². The fourth-order valence-corrected chi connectivity index (χ4v) is 4.75. The van der Waals surface area contributed by atoms with E-state index < -0.39 is 17.7 Å². The second-order valence-electron chi connectivity index (χ2n) is 9.79. The smallest absolute Gasteiger partial charge is 0.296 e. The van der Waals surface area contributed by atoms with Crippen molar-refractivity contribution in [3.63, 3.8) is 0 Å². The Morgan fingerprint density at radius 3 is 2.36 bits per heavy atom. The average molecular weight is 523 g/mol. The highest BCUT2D eigenvalue weighted by atomic mass is 16.5. The van der Waals surface area contributed by atoms with Gasteiger partial charge in [0, 0.05) is 25.3 Å². The van der Waals surface area contributed by atoms with Crippen molar-refractivity contribution in [3.05, 3.63) is 125 Å². The second-order valence-corrected chi connectivity index (χ2v) is 9.79. The maximum atomic E-state index is 13.3. The molecule has 0 saturated carbocycles. The molecule has 1 aliphatic rings. The molecule has 0 spiro atoms. The number of likely N-dealkylation sites (tertiary alicyclic amines) is 1. The zero-order chi connectivity index (χ0) is 27.5. The first-order valence-electron chi connectivity index (χ1n) is 12.7. The molecule has 1 aromatic heterocycles. The van der Waals surface area contributed by atoms with E-state index in [1.165, 1.54) is 11.2 Å². The summed E-state index contributed by atoms with van der Waals surface area (Å²) in [6.45, 7) is 2.54. The highest BCUT2D eigenvalue weighted by Gasteiger charge is 2.46. The van der Waals surface area contributed by atoms with Crippen molar-refractivity contribution in [1.82, 2.24) is 4.90 Å². The van der Waals surface area contributed by atoms with E-state index in [1.807, 2.05) is 68.4 Å². The van der Waals surface area contributed by atoms with Gasteiger partial charge in [-0.25, -0.2) is 0 Å². The molecule has 5 rings (SSSR count). The molecular formula is C32H30N2O5. The summed E-state index contributed by atoms with van der Waals surface area (Å²) in [5, 5.41) is 11.4. The number of rotatable bonds is 8. The predicted molar refractivity (Wildman–Crippen MR) is 149 cm³/mol. The summed E-state index contributed by atoms with van der Waals surface area (Å²) in [4.78, 5) is 29.9. The number of ether oxygens (including phenoxy) is 1. The number of carbonyl (C=O) groups is 2. The molecule has 39 heavy (non-hydrogen) atoms. The minimum absolute atomic E-state index is 0.0394. The number of Topliss-reactive ketones (excluding diaryl/α,β-unsaturated/α-hetero) is 1. The third-order valence-corrected chi connectivity index (χ3v) is 6.79. The van der Waals surface area contributed by atoms with E-state index in [9.17, 15) is 14.7 Å². The Bertz CT molecular complexity index is 1500. The van der Waals surface area contributed by atoms with Crippen LogP contribution < -0.4 is 9.64 Å². The van der Waals surface area contributed by atoms with Gasteiger partial charge in [-0.3, -0.25) is 9.59 Å². The third kappa shape index (κ3) is 5.43. The van der Waals surface area contributed by atoms with Gasteiger partial charge < -0.3 is 24.1 Å². The van der Waals surface area contributed by atoms with Crippen LogP contribution in [-0.2, 0) is 22.7 Å². The average Bonchev–Trinajstić information content (AvgIpc) is 3.54. The maximum absolute atomic E-state index is 13.3. The van der Waals surface area contributed by atoms with Crippen LogP contribution in [0.5, 0.6) is 5.75 Å². The standard InChI is InChI=1S/C32H30N2O5/c1-21-6-4-7-22(18-21)20-39-26-15-11-24(12-16-26)30(35)28-29(23-9-13-25(14-10-23)33(2)3)34(32(37)31(28)36)19-27-8-5-17-38-27/h4-18,29,35H,19-20H2,1-3H3/b30-28+. The number of furan rings is 1. The minimum atomic E-state index is -0.774. The Labute approximate surface area is 227 Å². The van der Waals surface area contributed by atoms with Gasteiger partial charge in [0.2, 0.25) is 0 Å². The molecule has 7 nitrogen and oxygen atoms in total. The first-order valence-corrected chi connectivity index (χ1v) is 12.7. The summed E-state index contributed by atoms with van der Waals surface area (Å²) < 4.78 is 11.4. The number of hydrogen-bond acceptors (Lipinski definition) is 6. The molecule has 1 amide bonds. The lowest BCUT2D eigenvalue weighted by Gasteiger charge is -2.25. The number of carbonyl (C=O) groups excluding carboxylic acids is 2. The van der Waals surface area contributed by atoms with E-state index in [-0.39, 0.29) is 17.9 Å². The molecule has 0 radical (unpaired) electrons. The summed E-state index contributed by atoms with van der Waals surface area (Å²) in [5.41, 5.74) is 4.36. The number of amides is 1. The van der Waals surface area contributed by atoms with Crippen molar-refractivity contribution in [1.29, 1.82) is 0 Å². The fourth-order valence-electron chi connectivity index (χ4n) is 4.75. The van der Waals surface area contributed by atoms with Crippen LogP contribution in [0.3, 0.4) is 0 Å². The van der Waals surface area contributed by atoms with Crippen molar-refractivity contribution in [2.75, 3.05) is 19.0 Å². The quantitative estimate of drug-likeness (QED) is 0.177. The Hall–Kier alpha value is -4.78. The zero-order valence-corrected chi connectivity index (χ0v) is 22.1. The number of aliphatic hydroxyl groups is 1. The summed E-state index contributed by atoms with van der Waals surface area (Å²) in [6, 6.07) is 25.2. The normalized spacial score (nSPS) is 16.5. The molecule has 1 N–H and O–H groups in total. The summed E-state index contributed by atoms with van der Waals surface area (Å²) in [5.74, 6) is -0.487. The van der Waals surface area contributed by atoms with Gasteiger partial charge in [-0.05, 0) is 66.6 Å². The molecule has 4 aromatic rings. The number of hydrogen-bond donors (Lipinski definition) is 1. The van der Waals surface area contributed by atoms with E-state index in [0.717, 1.165) is 16.8 Å². The van der Waals surface area contributed by atoms with Gasteiger partial charge in [0.05, 0.1) is 24.4 Å². The topological polar surface area (TPSA) is 83.2 Å². The van der Waals surface area contributed by atoms with E-state index in [0.29, 0.717) is 29.2 Å². The Morgan fingerprint density at radius 2 is 1.72 bits per heavy atom. The van der Waals surface area contributed by atoms with Gasteiger partial charge in [-0.1, -0.05) is 42.0 Å². The molecular weight excluding hydrogens is 492 g/mol. The number of aryl methyl sites for hydroxylation is 1. The molecule has 1 saturated heterocycles. The van der Waals surface area contributed by atoms with Gasteiger partial charge >= 0.3 is 0 Å². The highest BCUT2D eigenvalue weighted by Crippen LogP contribution is 2.41. The van der Waals surface area contributed by atoms with Crippen molar-refractivity contribution in [2.24, 2.45) is 0 Å². The van der Waals surface area contributed by atoms with E-state index >= 15 is 0 Å². The van der Waals surface area contributed by atoms with Crippen LogP contribution >= 0.6 is 0 Å². The van der Waals surface area contributed by atoms with Crippen LogP contribution in [0.15, 0.2) is 101 Å². The predicted octanol–water partition coefficient (Wildman–Crippen LogP) is 5.85. The monoisotopic (exact) mass is 522 g/mol.